The molecule has 4 nitrogen and oxygen atoms in total. The average molecular weight is 361 g/mol. The quantitative estimate of drug-likeness (QED) is 0.842. The Labute approximate surface area is 150 Å². The lowest BCUT2D eigenvalue weighted by atomic mass is 10.1. The highest BCUT2D eigenvalue weighted by molar-refractivity contribution is 6.31. The highest BCUT2D eigenvalue weighted by Gasteiger charge is 2.34. The zero-order valence-electron chi connectivity index (χ0n) is 13.8. The van der Waals surface area contributed by atoms with Crippen molar-refractivity contribution < 1.29 is 14.0 Å². The Morgan fingerprint density at radius 2 is 1.92 bits per heavy atom. The largest absolute Gasteiger partial charge is 0.329 e. The molecule has 1 unspecified atom stereocenters. The van der Waals surface area contributed by atoms with Crippen molar-refractivity contribution in [3.05, 3.63) is 64.9 Å². The number of carbonyl (C=O) groups is 2. The summed E-state index contributed by atoms with van der Waals surface area (Å²) in [5, 5.41) is -0.0273. The summed E-state index contributed by atoms with van der Waals surface area (Å²) < 4.78 is 13.3. The van der Waals surface area contributed by atoms with Crippen molar-refractivity contribution in [1.82, 2.24) is 4.90 Å². The van der Waals surface area contributed by atoms with Gasteiger partial charge < -0.3 is 9.80 Å². The third-order valence-corrected chi connectivity index (χ3v) is 4.68. The van der Waals surface area contributed by atoms with Crippen molar-refractivity contribution in [3.63, 3.8) is 0 Å². The number of halogens is 2. The van der Waals surface area contributed by atoms with Gasteiger partial charge in [-0.25, -0.2) is 4.39 Å². The lowest BCUT2D eigenvalue weighted by Crippen LogP contribution is -2.58. The number of benzene rings is 2. The Morgan fingerprint density at radius 3 is 2.60 bits per heavy atom. The van der Waals surface area contributed by atoms with Crippen LogP contribution in [0.5, 0.6) is 0 Å². The molecule has 130 valence electrons. The molecule has 1 atom stereocenters. The van der Waals surface area contributed by atoms with Crippen molar-refractivity contribution in [2.45, 2.75) is 19.4 Å². The monoisotopic (exact) mass is 360 g/mol. The summed E-state index contributed by atoms with van der Waals surface area (Å²) in [5.41, 5.74) is 1.46. The lowest BCUT2D eigenvalue weighted by Gasteiger charge is -2.39. The molecule has 1 fully saturated rings. The molecule has 0 aliphatic carbocycles. The third kappa shape index (κ3) is 3.66. The number of hydrogen-bond donors (Lipinski definition) is 0. The first-order valence-electron chi connectivity index (χ1n) is 8.07. The predicted molar refractivity (Wildman–Crippen MR) is 95.1 cm³/mol. The minimum atomic E-state index is -0.575. The van der Waals surface area contributed by atoms with Crippen molar-refractivity contribution in [2.75, 3.05) is 18.0 Å². The molecule has 2 amide bonds. The third-order valence-electron chi connectivity index (χ3n) is 4.39. The van der Waals surface area contributed by atoms with Gasteiger partial charge in [-0.3, -0.25) is 9.59 Å². The smallest absolute Gasteiger partial charge is 0.249 e. The molecule has 0 radical (unpaired) electrons. The molecule has 25 heavy (non-hydrogen) atoms. The van der Waals surface area contributed by atoms with Crippen LogP contribution in [0.4, 0.5) is 10.1 Å². The lowest BCUT2D eigenvalue weighted by molar-refractivity contribution is -0.140. The fourth-order valence-corrected chi connectivity index (χ4v) is 3.17. The molecule has 1 aliphatic heterocycles. The van der Waals surface area contributed by atoms with Gasteiger partial charge in [0.15, 0.2) is 0 Å². The van der Waals surface area contributed by atoms with E-state index in [1.54, 1.807) is 16.7 Å². The van der Waals surface area contributed by atoms with Crippen LogP contribution in [0.1, 0.15) is 12.5 Å². The van der Waals surface area contributed by atoms with Gasteiger partial charge in [-0.15, -0.1) is 0 Å². The van der Waals surface area contributed by atoms with Gasteiger partial charge in [0.05, 0.1) is 11.4 Å². The molecule has 2 aromatic carbocycles. The van der Waals surface area contributed by atoms with Crippen molar-refractivity contribution in [1.29, 1.82) is 0 Å². The second-order valence-corrected chi connectivity index (χ2v) is 6.42. The Balaban J connectivity index is 1.72. The van der Waals surface area contributed by atoms with Crippen LogP contribution in [0, 0.1) is 5.82 Å². The van der Waals surface area contributed by atoms with Crippen LogP contribution in [0.15, 0.2) is 48.5 Å². The maximum atomic E-state index is 13.3. The number of amides is 2. The minimum absolute atomic E-state index is 0.0273. The van der Waals surface area contributed by atoms with Crippen LogP contribution in [0.2, 0.25) is 5.02 Å². The molecule has 2 aromatic rings. The van der Waals surface area contributed by atoms with Crippen LogP contribution in [-0.2, 0) is 16.0 Å². The summed E-state index contributed by atoms with van der Waals surface area (Å²) in [7, 11) is 0. The molecule has 1 aliphatic rings. The van der Waals surface area contributed by atoms with Gasteiger partial charge in [0.1, 0.15) is 11.9 Å². The van der Waals surface area contributed by atoms with Crippen molar-refractivity contribution in [3.8, 4) is 0 Å². The molecule has 0 aromatic heterocycles. The molecule has 0 N–H and O–H groups in total. The molecule has 1 heterocycles. The van der Waals surface area contributed by atoms with Crippen molar-refractivity contribution in [2.24, 2.45) is 0 Å². The number of hydrogen-bond acceptors (Lipinski definition) is 2. The summed E-state index contributed by atoms with van der Waals surface area (Å²) in [4.78, 5) is 28.4. The first-order chi connectivity index (χ1) is 12.0. The standard InChI is InChI=1S/C19H18ClFN2O2/c1-13-19(25)23(15-7-8-17(21)16(20)12-15)10-9-22(13)18(24)11-14-5-3-2-4-6-14/h2-8,12-13H,9-11H2,1H3. The summed E-state index contributed by atoms with van der Waals surface area (Å²) in [5.74, 6) is -0.804. The fraction of sp³-hybridized carbons (Fsp3) is 0.263. The van der Waals surface area contributed by atoms with Gasteiger partial charge in [0, 0.05) is 18.8 Å². The second kappa shape index (κ2) is 7.23. The molecule has 3 rings (SSSR count). The summed E-state index contributed by atoms with van der Waals surface area (Å²) in [6.07, 6.45) is 0.265. The van der Waals surface area contributed by atoms with E-state index in [0.717, 1.165) is 5.56 Å². The van der Waals surface area contributed by atoms with Crippen LogP contribution in [0.25, 0.3) is 0 Å². The Kier molecular flexibility index (Phi) is 5.04. The Bertz CT molecular complexity index is 797. The van der Waals surface area contributed by atoms with E-state index in [9.17, 15) is 14.0 Å². The van der Waals surface area contributed by atoms with Gasteiger partial charge in [-0.2, -0.15) is 0 Å². The van der Waals surface area contributed by atoms with Crippen LogP contribution >= 0.6 is 11.6 Å². The molecule has 6 heteroatoms. The van der Waals surface area contributed by atoms with Crippen LogP contribution in [0.3, 0.4) is 0 Å². The predicted octanol–water partition coefficient (Wildman–Crippen LogP) is 3.29. The Morgan fingerprint density at radius 1 is 1.20 bits per heavy atom. The summed E-state index contributed by atoms with van der Waals surface area (Å²) in [6.45, 7) is 2.49. The van der Waals surface area contributed by atoms with Gasteiger partial charge in [0.25, 0.3) is 0 Å². The van der Waals surface area contributed by atoms with E-state index in [-0.39, 0.29) is 23.3 Å². The molecular formula is C19H18ClFN2O2. The SMILES string of the molecule is CC1C(=O)N(c2ccc(F)c(Cl)c2)CCN1C(=O)Cc1ccccc1. The average Bonchev–Trinajstić information content (AvgIpc) is 2.60. The first-order valence-corrected chi connectivity index (χ1v) is 8.45. The number of anilines is 1. The van der Waals surface area contributed by atoms with E-state index in [4.69, 9.17) is 11.6 Å². The first kappa shape index (κ1) is 17.4. The van der Waals surface area contributed by atoms with E-state index < -0.39 is 11.9 Å². The highest BCUT2D eigenvalue weighted by atomic mass is 35.5. The van der Waals surface area contributed by atoms with Gasteiger partial charge in [0.2, 0.25) is 11.8 Å². The normalized spacial score (nSPS) is 17.7. The van der Waals surface area contributed by atoms with Gasteiger partial charge >= 0.3 is 0 Å². The van der Waals surface area contributed by atoms with Crippen LogP contribution in [-0.4, -0.2) is 35.8 Å². The minimum Gasteiger partial charge on any atom is -0.329 e. The van der Waals surface area contributed by atoms with Gasteiger partial charge in [-0.1, -0.05) is 41.9 Å². The number of carbonyl (C=O) groups excluding carboxylic acids is 2. The summed E-state index contributed by atoms with van der Waals surface area (Å²) in [6, 6.07) is 13.1. The van der Waals surface area contributed by atoms with E-state index >= 15 is 0 Å². The zero-order valence-corrected chi connectivity index (χ0v) is 14.5. The fourth-order valence-electron chi connectivity index (χ4n) is 2.99. The zero-order chi connectivity index (χ0) is 18.0. The maximum Gasteiger partial charge on any atom is 0.249 e. The van der Waals surface area contributed by atoms with E-state index in [1.807, 2.05) is 30.3 Å². The van der Waals surface area contributed by atoms with Crippen molar-refractivity contribution >= 4 is 29.1 Å². The molecule has 0 saturated carbocycles. The highest BCUT2D eigenvalue weighted by Crippen LogP contribution is 2.25. The molecule has 0 spiro atoms. The molecule has 1 saturated heterocycles. The maximum absolute atomic E-state index is 13.3. The Hall–Kier alpha value is -2.40. The molecular weight excluding hydrogens is 343 g/mol. The van der Waals surface area contributed by atoms with E-state index in [0.29, 0.717) is 18.8 Å². The number of nitrogens with zero attached hydrogens (tertiary/aromatic N) is 2. The van der Waals surface area contributed by atoms with E-state index in [1.165, 1.54) is 18.2 Å². The summed E-state index contributed by atoms with van der Waals surface area (Å²) >= 11 is 5.81. The second-order valence-electron chi connectivity index (χ2n) is 6.01. The van der Waals surface area contributed by atoms with Gasteiger partial charge in [-0.05, 0) is 30.7 Å². The topological polar surface area (TPSA) is 40.6 Å². The molecule has 0 bridgehead atoms. The van der Waals surface area contributed by atoms with E-state index in [2.05, 4.69) is 0 Å². The van der Waals surface area contributed by atoms with Crippen LogP contribution < -0.4 is 4.90 Å². The number of rotatable bonds is 3. The number of piperazine rings is 1.